The van der Waals surface area contributed by atoms with Crippen LogP contribution >= 0.6 is 22.9 Å². The van der Waals surface area contributed by atoms with E-state index < -0.39 is 21.9 Å². The van der Waals surface area contributed by atoms with E-state index in [0.29, 0.717) is 65.3 Å². The number of morpholine rings is 1. The number of hydrogen-bond donors (Lipinski definition) is 0. The first kappa shape index (κ1) is 27.2. The molecular weight excluding hydrogens is 555 g/mol. The number of thiazole rings is 1. The first-order valence-corrected chi connectivity index (χ1v) is 14.9. The van der Waals surface area contributed by atoms with Crippen molar-refractivity contribution in [3.63, 3.8) is 0 Å². The van der Waals surface area contributed by atoms with Crippen LogP contribution < -0.4 is 9.64 Å². The van der Waals surface area contributed by atoms with Crippen LogP contribution in [0.25, 0.3) is 10.2 Å². The van der Waals surface area contributed by atoms with Gasteiger partial charge in [-0.25, -0.2) is 17.8 Å². The first-order chi connectivity index (χ1) is 18.3. The van der Waals surface area contributed by atoms with Crippen molar-refractivity contribution in [2.24, 2.45) is 0 Å². The molecular formula is C25H28ClFN4O5S2. The fourth-order valence-electron chi connectivity index (χ4n) is 4.78. The Labute approximate surface area is 229 Å². The maximum Gasteiger partial charge on any atom is 0.247 e. The summed E-state index contributed by atoms with van der Waals surface area (Å²) in [5.74, 6) is -0.346. The zero-order valence-electron chi connectivity index (χ0n) is 20.8. The molecule has 0 spiro atoms. The van der Waals surface area contributed by atoms with Crippen molar-refractivity contribution in [3.8, 4) is 5.75 Å². The molecule has 3 heterocycles. The summed E-state index contributed by atoms with van der Waals surface area (Å²) in [4.78, 5) is 22.5. The lowest BCUT2D eigenvalue weighted by molar-refractivity contribution is -0.121. The Balaban J connectivity index is 1.49. The SMILES string of the molecule is COc1ccc(Cl)c2sc(N(CCN3CCOCC3)C(=O)C3CCCN3S(=O)(=O)c3ccc(F)cc3)nc12. The molecule has 0 bridgehead atoms. The van der Waals surface area contributed by atoms with Gasteiger partial charge in [0.05, 0.1) is 34.9 Å². The van der Waals surface area contributed by atoms with Gasteiger partial charge in [-0.15, -0.1) is 0 Å². The number of hydrogen-bond acceptors (Lipinski definition) is 8. The van der Waals surface area contributed by atoms with E-state index in [1.165, 1.54) is 27.8 Å². The molecule has 0 radical (unpaired) electrons. The molecule has 1 atom stereocenters. The fraction of sp³-hybridized carbons (Fsp3) is 0.440. The zero-order chi connectivity index (χ0) is 26.9. The number of amides is 1. The van der Waals surface area contributed by atoms with Crippen LogP contribution in [0.1, 0.15) is 12.8 Å². The van der Waals surface area contributed by atoms with Crippen LogP contribution in [0.2, 0.25) is 5.02 Å². The molecule has 9 nitrogen and oxygen atoms in total. The zero-order valence-corrected chi connectivity index (χ0v) is 23.2. The fourth-order valence-corrected chi connectivity index (χ4v) is 7.72. The van der Waals surface area contributed by atoms with Crippen LogP contribution in [0.4, 0.5) is 9.52 Å². The quantitative estimate of drug-likeness (QED) is 0.401. The molecule has 1 amide bonds. The van der Waals surface area contributed by atoms with Crippen LogP contribution in [-0.4, -0.2) is 87.6 Å². The van der Waals surface area contributed by atoms with E-state index >= 15 is 0 Å². The second-order valence-corrected chi connectivity index (χ2v) is 12.4. The molecule has 0 aliphatic carbocycles. The predicted octanol–water partition coefficient (Wildman–Crippen LogP) is 3.62. The standard InChI is InChI=1S/C25H28ClFN4O5S2/c1-35-21-9-8-19(26)23-22(21)28-25(37-23)30(12-11-29-13-15-36-16-14-29)24(32)20-3-2-10-31(20)38(33,34)18-6-4-17(27)5-7-18/h4-9,20H,2-3,10-16H2,1H3. The minimum Gasteiger partial charge on any atom is -0.494 e. The number of anilines is 1. The van der Waals surface area contributed by atoms with Crippen molar-refractivity contribution in [3.05, 3.63) is 47.2 Å². The van der Waals surface area contributed by atoms with Gasteiger partial charge in [-0.05, 0) is 49.2 Å². The largest absolute Gasteiger partial charge is 0.494 e. The van der Waals surface area contributed by atoms with Gasteiger partial charge in [0.15, 0.2) is 5.13 Å². The van der Waals surface area contributed by atoms with Gasteiger partial charge in [0.2, 0.25) is 15.9 Å². The second kappa shape index (κ2) is 11.4. The Hall–Kier alpha value is -2.35. The van der Waals surface area contributed by atoms with Gasteiger partial charge in [-0.3, -0.25) is 14.6 Å². The number of carbonyl (C=O) groups excluding carboxylic acids is 1. The highest BCUT2D eigenvalue weighted by Gasteiger charge is 2.42. The topological polar surface area (TPSA) is 92.3 Å². The number of rotatable bonds is 8. The molecule has 1 unspecified atom stereocenters. The Morgan fingerprint density at radius 1 is 1.21 bits per heavy atom. The molecule has 2 aromatic carbocycles. The predicted molar refractivity (Wildman–Crippen MR) is 144 cm³/mol. The number of sulfonamides is 1. The third-order valence-corrected chi connectivity index (χ3v) is 10.3. The highest BCUT2D eigenvalue weighted by molar-refractivity contribution is 7.89. The molecule has 3 aromatic rings. The number of benzene rings is 2. The van der Waals surface area contributed by atoms with Gasteiger partial charge in [0.1, 0.15) is 23.1 Å². The Bertz CT molecular complexity index is 1410. The molecule has 1 aromatic heterocycles. The van der Waals surface area contributed by atoms with Gasteiger partial charge >= 0.3 is 0 Å². The van der Waals surface area contributed by atoms with Gasteiger partial charge < -0.3 is 9.47 Å². The third-order valence-electron chi connectivity index (χ3n) is 6.82. The number of aromatic nitrogens is 1. The van der Waals surface area contributed by atoms with Crippen molar-refractivity contribution in [1.29, 1.82) is 0 Å². The summed E-state index contributed by atoms with van der Waals surface area (Å²) in [6.45, 7) is 3.83. The smallest absolute Gasteiger partial charge is 0.247 e. The second-order valence-electron chi connectivity index (χ2n) is 9.10. The van der Waals surface area contributed by atoms with Gasteiger partial charge in [-0.2, -0.15) is 4.31 Å². The van der Waals surface area contributed by atoms with Gasteiger partial charge in [0.25, 0.3) is 0 Å². The molecule has 13 heteroatoms. The summed E-state index contributed by atoms with van der Waals surface area (Å²) in [6.07, 6.45) is 0.913. The third kappa shape index (κ3) is 5.38. The molecule has 2 aliphatic rings. The first-order valence-electron chi connectivity index (χ1n) is 12.3. The lowest BCUT2D eigenvalue weighted by atomic mass is 10.2. The van der Waals surface area contributed by atoms with Crippen molar-refractivity contribution >= 4 is 54.2 Å². The molecule has 204 valence electrons. The van der Waals surface area contributed by atoms with E-state index in [-0.39, 0.29) is 17.3 Å². The van der Waals surface area contributed by atoms with Gasteiger partial charge in [0, 0.05) is 32.7 Å². The van der Waals surface area contributed by atoms with Crippen LogP contribution in [0.3, 0.4) is 0 Å². The van der Waals surface area contributed by atoms with E-state index in [1.54, 1.807) is 24.1 Å². The minimum absolute atomic E-state index is 0.0463. The number of ether oxygens (including phenoxy) is 2. The Morgan fingerprint density at radius 2 is 1.95 bits per heavy atom. The molecule has 2 saturated heterocycles. The normalized spacial score (nSPS) is 19.2. The Morgan fingerprint density at radius 3 is 2.66 bits per heavy atom. The average Bonchev–Trinajstić information content (AvgIpc) is 3.59. The number of halogens is 2. The summed E-state index contributed by atoms with van der Waals surface area (Å²) in [5.41, 5.74) is 0.548. The van der Waals surface area contributed by atoms with E-state index in [9.17, 15) is 17.6 Å². The van der Waals surface area contributed by atoms with Crippen LogP contribution in [0.15, 0.2) is 41.3 Å². The minimum atomic E-state index is -4.01. The van der Waals surface area contributed by atoms with Crippen molar-refractivity contribution in [2.75, 3.05) is 57.9 Å². The maximum absolute atomic E-state index is 14.1. The molecule has 0 N–H and O–H groups in total. The summed E-state index contributed by atoms with van der Waals surface area (Å²) in [6, 6.07) is 7.20. The lowest BCUT2D eigenvalue weighted by Gasteiger charge is -2.31. The number of nitrogens with zero attached hydrogens (tertiary/aromatic N) is 4. The monoisotopic (exact) mass is 582 g/mol. The van der Waals surface area contributed by atoms with E-state index in [4.69, 9.17) is 26.1 Å². The Kier molecular flexibility index (Phi) is 8.17. The molecule has 0 saturated carbocycles. The summed E-state index contributed by atoms with van der Waals surface area (Å²) < 4.78 is 53.2. The highest BCUT2D eigenvalue weighted by Crippen LogP contribution is 2.39. The summed E-state index contributed by atoms with van der Waals surface area (Å²) in [5, 5.41) is 0.919. The number of fused-ring (bicyclic) bond motifs is 1. The van der Waals surface area contributed by atoms with Crippen LogP contribution in [0.5, 0.6) is 5.75 Å². The number of carbonyl (C=O) groups is 1. The van der Waals surface area contributed by atoms with Crippen molar-refractivity contribution < 1.29 is 27.1 Å². The lowest BCUT2D eigenvalue weighted by Crippen LogP contribution is -2.50. The van der Waals surface area contributed by atoms with E-state index in [1.807, 2.05) is 0 Å². The van der Waals surface area contributed by atoms with Crippen molar-refractivity contribution in [2.45, 2.75) is 23.8 Å². The van der Waals surface area contributed by atoms with E-state index in [2.05, 4.69) is 4.90 Å². The molecule has 5 rings (SSSR count). The number of methoxy groups -OCH3 is 1. The van der Waals surface area contributed by atoms with Crippen molar-refractivity contribution in [1.82, 2.24) is 14.2 Å². The van der Waals surface area contributed by atoms with Crippen LogP contribution in [0, 0.1) is 5.82 Å². The van der Waals surface area contributed by atoms with Crippen LogP contribution in [-0.2, 0) is 19.6 Å². The van der Waals surface area contributed by atoms with Gasteiger partial charge in [-0.1, -0.05) is 22.9 Å². The molecule has 2 aliphatic heterocycles. The molecule has 38 heavy (non-hydrogen) atoms. The highest BCUT2D eigenvalue weighted by atomic mass is 35.5. The molecule has 2 fully saturated rings. The summed E-state index contributed by atoms with van der Waals surface area (Å²) in [7, 11) is -2.47. The summed E-state index contributed by atoms with van der Waals surface area (Å²) >= 11 is 7.72. The maximum atomic E-state index is 14.1. The van der Waals surface area contributed by atoms with E-state index in [0.717, 1.165) is 25.2 Å². The average molecular weight is 583 g/mol.